The summed E-state index contributed by atoms with van der Waals surface area (Å²) in [6, 6.07) is 4.95. The van der Waals surface area contributed by atoms with E-state index >= 15 is 0 Å². The van der Waals surface area contributed by atoms with Crippen LogP contribution in [-0.4, -0.2) is 17.0 Å². The van der Waals surface area contributed by atoms with Crippen LogP contribution in [-0.2, 0) is 9.59 Å². The predicted octanol–water partition coefficient (Wildman–Crippen LogP) is 3.45. The van der Waals surface area contributed by atoms with Crippen LogP contribution in [0.15, 0.2) is 30.4 Å². The fraction of sp³-hybridized carbons (Fsp3) is 0.333. The number of carboxylic acid groups (broad SMARTS) is 1. The molecule has 1 aromatic rings. The molecule has 6 heteroatoms. The summed E-state index contributed by atoms with van der Waals surface area (Å²) in [5.74, 6) is -2.55. The maximum absolute atomic E-state index is 12.5. The molecule has 2 aliphatic rings. The smallest absolute Gasteiger partial charge is 0.307 e. The number of benzene rings is 1. The van der Waals surface area contributed by atoms with Crippen LogP contribution in [0.3, 0.4) is 0 Å². The maximum atomic E-state index is 12.5. The highest BCUT2D eigenvalue weighted by atomic mass is 35.5. The second kappa shape index (κ2) is 5.35. The van der Waals surface area contributed by atoms with E-state index in [4.69, 9.17) is 23.2 Å². The van der Waals surface area contributed by atoms with Crippen LogP contribution in [0.2, 0.25) is 10.0 Å². The van der Waals surface area contributed by atoms with Crippen molar-refractivity contribution >= 4 is 40.8 Å². The lowest BCUT2D eigenvalue weighted by Gasteiger charge is -2.24. The number of rotatable bonds is 3. The number of carbonyl (C=O) groups excluding carboxylic acids is 1. The molecule has 0 spiro atoms. The van der Waals surface area contributed by atoms with Crippen molar-refractivity contribution in [2.45, 2.75) is 6.42 Å². The molecule has 0 heterocycles. The van der Waals surface area contributed by atoms with Crippen molar-refractivity contribution in [2.24, 2.45) is 23.7 Å². The molecule has 3 rings (SSSR count). The lowest BCUT2D eigenvalue weighted by Crippen LogP contribution is -2.36. The Kier molecular flexibility index (Phi) is 3.68. The number of fused-ring (bicyclic) bond motifs is 2. The van der Waals surface area contributed by atoms with E-state index in [1.54, 1.807) is 18.2 Å². The third-order valence-corrected chi connectivity index (χ3v) is 5.08. The van der Waals surface area contributed by atoms with E-state index in [0.29, 0.717) is 10.7 Å². The van der Waals surface area contributed by atoms with E-state index < -0.39 is 17.8 Å². The molecular weight excluding hydrogens is 313 g/mol. The van der Waals surface area contributed by atoms with E-state index in [9.17, 15) is 14.7 Å². The Labute approximate surface area is 131 Å². The summed E-state index contributed by atoms with van der Waals surface area (Å²) < 4.78 is 0. The van der Waals surface area contributed by atoms with E-state index in [0.717, 1.165) is 6.42 Å². The maximum Gasteiger partial charge on any atom is 0.307 e. The highest BCUT2D eigenvalue weighted by Gasteiger charge is 2.51. The number of aliphatic carboxylic acids is 1. The number of anilines is 1. The summed E-state index contributed by atoms with van der Waals surface area (Å²) in [7, 11) is 0. The fourth-order valence-electron chi connectivity index (χ4n) is 3.33. The Balaban J connectivity index is 1.84. The van der Waals surface area contributed by atoms with Crippen molar-refractivity contribution in [2.75, 3.05) is 5.32 Å². The molecule has 0 radical (unpaired) electrons. The molecule has 2 bridgehead atoms. The lowest BCUT2D eigenvalue weighted by atomic mass is 9.82. The van der Waals surface area contributed by atoms with Crippen LogP contribution in [0.1, 0.15) is 6.42 Å². The van der Waals surface area contributed by atoms with E-state index in [2.05, 4.69) is 5.32 Å². The zero-order valence-corrected chi connectivity index (χ0v) is 12.4. The minimum atomic E-state index is -0.927. The van der Waals surface area contributed by atoms with Gasteiger partial charge >= 0.3 is 5.97 Å². The summed E-state index contributed by atoms with van der Waals surface area (Å²) in [5.41, 5.74) is 0.407. The van der Waals surface area contributed by atoms with Gasteiger partial charge < -0.3 is 10.4 Å². The molecule has 0 aliphatic heterocycles. The van der Waals surface area contributed by atoms with Gasteiger partial charge in [-0.3, -0.25) is 9.59 Å². The number of hydrogen-bond donors (Lipinski definition) is 2. The molecule has 2 aliphatic carbocycles. The lowest BCUT2D eigenvalue weighted by molar-refractivity contribution is -0.146. The fourth-order valence-corrected chi connectivity index (χ4v) is 3.68. The standard InChI is InChI=1S/C15H13Cl2NO3/c16-9-2-1-3-10(13(9)17)18-14(19)11-7-4-5-8(6-7)12(11)15(20)21/h1-5,7-8,11-12H,6H2,(H,18,19)(H,20,21)/t7-,8-,11-,12+/m0/s1. The van der Waals surface area contributed by atoms with Gasteiger partial charge in [0.1, 0.15) is 0 Å². The number of carbonyl (C=O) groups is 2. The van der Waals surface area contributed by atoms with Crippen molar-refractivity contribution in [1.29, 1.82) is 0 Å². The molecule has 2 N–H and O–H groups in total. The first-order valence-electron chi connectivity index (χ1n) is 6.65. The van der Waals surface area contributed by atoms with Crippen LogP contribution in [0.5, 0.6) is 0 Å². The predicted molar refractivity (Wildman–Crippen MR) is 80.4 cm³/mol. The highest BCUT2D eigenvalue weighted by molar-refractivity contribution is 6.44. The molecule has 1 fully saturated rings. The average Bonchev–Trinajstić information content (AvgIpc) is 3.04. The zero-order valence-electron chi connectivity index (χ0n) is 10.9. The Morgan fingerprint density at radius 3 is 2.48 bits per heavy atom. The Morgan fingerprint density at radius 1 is 1.14 bits per heavy atom. The first kappa shape index (κ1) is 14.4. The van der Waals surface area contributed by atoms with Gasteiger partial charge in [0.05, 0.1) is 27.6 Å². The van der Waals surface area contributed by atoms with Gasteiger partial charge in [0, 0.05) is 0 Å². The second-order valence-electron chi connectivity index (χ2n) is 5.43. The summed E-state index contributed by atoms with van der Waals surface area (Å²) in [4.78, 5) is 23.9. The summed E-state index contributed by atoms with van der Waals surface area (Å²) in [6.45, 7) is 0. The number of amides is 1. The molecule has 1 aromatic carbocycles. The number of nitrogens with one attached hydrogen (secondary N) is 1. The van der Waals surface area contributed by atoms with Crippen molar-refractivity contribution in [3.05, 3.63) is 40.4 Å². The van der Waals surface area contributed by atoms with Crippen molar-refractivity contribution in [3.8, 4) is 0 Å². The van der Waals surface area contributed by atoms with Crippen molar-refractivity contribution < 1.29 is 14.7 Å². The Morgan fingerprint density at radius 2 is 1.81 bits per heavy atom. The third kappa shape index (κ3) is 2.43. The molecular formula is C15H13Cl2NO3. The van der Waals surface area contributed by atoms with Gasteiger partial charge in [-0.05, 0) is 30.4 Å². The molecule has 1 amide bonds. The van der Waals surface area contributed by atoms with Crippen LogP contribution in [0.25, 0.3) is 0 Å². The summed E-state index contributed by atoms with van der Waals surface area (Å²) in [6.07, 6.45) is 4.56. The largest absolute Gasteiger partial charge is 0.481 e. The first-order chi connectivity index (χ1) is 9.99. The van der Waals surface area contributed by atoms with E-state index in [1.807, 2.05) is 12.2 Å². The number of hydrogen-bond acceptors (Lipinski definition) is 2. The highest BCUT2D eigenvalue weighted by Crippen LogP contribution is 2.48. The topological polar surface area (TPSA) is 66.4 Å². The van der Waals surface area contributed by atoms with Crippen LogP contribution >= 0.6 is 23.2 Å². The van der Waals surface area contributed by atoms with Gasteiger partial charge in [-0.1, -0.05) is 41.4 Å². The van der Waals surface area contributed by atoms with Crippen LogP contribution in [0, 0.1) is 23.7 Å². The Hall–Kier alpha value is -1.52. The third-order valence-electron chi connectivity index (χ3n) is 4.26. The molecule has 21 heavy (non-hydrogen) atoms. The monoisotopic (exact) mass is 325 g/mol. The van der Waals surface area contributed by atoms with Gasteiger partial charge in [-0.2, -0.15) is 0 Å². The minimum absolute atomic E-state index is 0.0194. The number of halogens is 2. The van der Waals surface area contributed by atoms with Crippen molar-refractivity contribution in [1.82, 2.24) is 0 Å². The van der Waals surface area contributed by atoms with Crippen molar-refractivity contribution in [3.63, 3.8) is 0 Å². The van der Waals surface area contributed by atoms with Gasteiger partial charge in [0.15, 0.2) is 0 Å². The van der Waals surface area contributed by atoms with Crippen LogP contribution in [0.4, 0.5) is 5.69 Å². The molecule has 110 valence electrons. The number of allylic oxidation sites excluding steroid dienone is 2. The van der Waals surface area contributed by atoms with Gasteiger partial charge in [0.25, 0.3) is 0 Å². The normalized spacial score (nSPS) is 29.6. The zero-order chi connectivity index (χ0) is 15.1. The van der Waals surface area contributed by atoms with E-state index in [-0.39, 0.29) is 22.8 Å². The summed E-state index contributed by atoms with van der Waals surface area (Å²) in [5, 5.41) is 12.7. The Bertz CT molecular complexity index is 644. The molecule has 0 aromatic heterocycles. The SMILES string of the molecule is O=C(Nc1cccc(Cl)c1Cl)[C@@H]1[C@H](C(=O)O)[C@H]2C=C[C@H]1C2. The first-order valence-corrected chi connectivity index (χ1v) is 7.40. The summed E-state index contributed by atoms with van der Waals surface area (Å²) >= 11 is 12.0. The molecule has 4 nitrogen and oxygen atoms in total. The van der Waals surface area contributed by atoms with Gasteiger partial charge in [0.2, 0.25) is 5.91 Å². The molecule has 0 unspecified atom stereocenters. The molecule has 4 atom stereocenters. The molecule has 0 saturated heterocycles. The van der Waals surface area contributed by atoms with Crippen LogP contribution < -0.4 is 5.32 Å². The van der Waals surface area contributed by atoms with E-state index in [1.165, 1.54) is 0 Å². The van der Waals surface area contributed by atoms with Gasteiger partial charge in [-0.15, -0.1) is 0 Å². The second-order valence-corrected chi connectivity index (χ2v) is 6.21. The van der Waals surface area contributed by atoms with Gasteiger partial charge in [-0.25, -0.2) is 0 Å². The number of carboxylic acids is 1. The minimum Gasteiger partial charge on any atom is -0.481 e. The quantitative estimate of drug-likeness (QED) is 0.836. The average molecular weight is 326 g/mol. The molecule has 1 saturated carbocycles.